The van der Waals surface area contributed by atoms with Gasteiger partial charge >= 0.3 is 0 Å². The number of halogens is 1. The van der Waals surface area contributed by atoms with Gasteiger partial charge in [0.2, 0.25) is 5.28 Å². The Kier molecular flexibility index (Phi) is 2.61. The maximum absolute atomic E-state index is 5.60. The number of hydrogen-bond donors (Lipinski definition) is 1. The van der Waals surface area contributed by atoms with Gasteiger partial charge in [-0.15, -0.1) is 0 Å². The number of anilines is 1. The molecular weight excluding hydrogens is 188 g/mol. The Morgan fingerprint density at radius 2 is 1.85 bits per heavy atom. The van der Waals surface area contributed by atoms with Crippen LogP contribution in [-0.2, 0) is 0 Å². The molecule has 0 unspecified atom stereocenters. The molecule has 1 aromatic rings. The largest absolute Gasteiger partial charge is 0.366 e. The standard InChI is InChI=1S/C8H11ClN4/c9-8-11-5-7(6-12-8)13-3-1-10-2-4-13/h5-6,10H,1-4H2. The zero-order chi connectivity index (χ0) is 9.10. The number of rotatable bonds is 1. The minimum absolute atomic E-state index is 0.305. The van der Waals surface area contributed by atoms with Crippen molar-refractivity contribution >= 4 is 17.3 Å². The highest BCUT2D eigenvalue weighted by Gasteiger charge is 2.10. The van der Waals surface area contributed by atoms with Crippen LogP contribution in [0, 0.1) is 0 Å². The minimum Gasteiger partial charge on any atom is -0.366 e. The van der Waals surface area contributed by atoms with Gasteiger partial charge in [0.1, 0.15) is 0 Å². The van der Waals surface area contributed by atoms with Crippen molar-refractivity contribution in [3.63, 3.8) is 0 Å². The van der Waals surface area contributed by atoms with Gasteiger partial charge in [-0.3, -0.25) is 0 Å². The van der Waals surface area contributed by atoms with Crippen molar-refractivity contribution in [2.45, 2.75) is 0 Å². The number of hydrogen-bond acceptors (Lipinski definition) is 4. The maximum atomic E-state index is 5.60. The van der Waals surface area contributed by atoms with E-state index in [1.54, 1.807) is 12.4 Å². The van der Waals surface area contributed by atoms with Gasteiger partial charge in [-0.2, -0.15) is 0 Å². The summed E-state index contributed by atoms with van der Waals surface area (Å²) in [5.74, 6) is 0. The summed E-state index contributed by atoms with van der Waals surface area (Å²) < 4.78 is 0. The smallest absolute Gasteiger partial charge is 0.222 e. The van der Waals surface area contributed by atoms with Gasteiger partial charge < -0.3 is 10.2 Å². The molecule has 4 nitrogen and oxygen atoms in total. The lowest BCUT2D eigenvalue weighted by Gasteiger charge is -2.28. The van der Waals surface area contributed by atoms with Crippen molar-refractivity contribution in [1.82, 2.24) is 15.3 Å². The van der Waals surface area contributed by atoms with Crippen molar-refractivity contribution < 1.29 is 0 Å². The first kappa shape index (κ1) is 8.72. The average Bonchev–Trinajstić information content (AvgIpc) is 2.20. The minimum atomic E-state index is 0.305. The fourth-order valence-electron chi connectivity index (χ4n) is 1.39. The van der Waals surface area contributed by atoms with E-state index in [1.807, 2.05) is 0 Å². The fraction of sp³-hybridized carbons (Fsp3) is 0.500. The molecule has 2 rings (SSSR count). The van der Waals surface area contributed by atoms with Crippen LogP contribution in [0.3, 0.4) is 0 Å². The zero-order valence-corrected chi connectivity index (χ0v) is 7.96. The summed E-state index contributed by atoms with van der Waals surface area (Å²) in [4.78, 5) is 10.1. The molecule has 0 radical (unpaired) electrons. The van der Waals surface area contributed by atoms with Crippen LogP contribution in [-0.4, -0.2) is 36.1 Å². The highest BCUT2D eigenvalue weighted by Crippen LogP contribution is 2.12. The summed E-state index contributed by atoms with van der Waals surface area (Å²) >= 11 is 5.60. The summed E-state index contributed by atoms with van der Waals surface area (Å²) in [6, 6.07) is 0. The lowest BCUT2D eigenvalue weighted by atomic mass is 10.3. The summed E-state index contributed by atoms with van der Waals surface area (Å²) in [6.45, 7) is 4.04. The van der Waals surface area contributed by atoms with Crippen LogP contribution in [0.1, 0.15) is 0 Å². The van der Waals surface area contributed by atoms with Crippen molar-refractivity contribution in [2.24, 2.45) is 0 Å². The SMILES string of the molecule is Clc1ncc(N2CCNCC2)cn1. The van der Waals surface area contributed by atoms with Gasteiger partial charge in [0.15, 0.2) is 0 Å². The van der Waals surface area contributed by atoms with Gasteiger partial charge in [0.25, 0.3) is 0 Å². The van der Waals surface area contributed by atoms with E-state index in [9.17, 15) is 0 Å². The number of nitrogens with one attached hydrogen (secondary N) is 1. The van der Waals surface area contributed by atoms with Crippen LogP contribution in [0.25, 0.3) is 0 Å². The van der Waals surface area contributed by atoms with Gasteiger partial charge in [-0.1, -0.05) is 0 Å². The molecule has 70 valence electrons. The molecule has 1 saturated heterocycles. The van der Waals surface area contributed by atoms with Crippen molar-refractivity contribution in [2.75, 3.05) is 31.1 Å². The predicted octanol–water partition coefficient (Wildman–Crippen LogP) is 0.540. The van der Waals surface area contributed by atoms with E-state index in [0.717, 1.165) is 31.9 Å². The van der Waals surface area contributed by atoms with Crippen molar-refractivity contribution in [1.29, 1.82) is 0 Å². The zero-order valence-electron chi connectivity index (χ0n) is 7.20. The molecule has 0 amide bonds. The van der Waals surface area contributed by atoms with Crippen LogP contribution >= 0.6 is 11.6 Å². The van der Waals surface area contributed by atoms with Crippen LogP contribution in [0.2, 0.25) is 5.28 Å². The first-order valence-corrected chi connectivity index (χ1v) is 4.67. The Hall–Kier alpha value is -0.870. The lowest BCUT2D eigenvalue weighted by molar-refractivity contribution is 0.588. The Bertz CT molecular complexity index is 268. The third-order valence-corrected chi connectivity index (χ3v) is 2.28. The molecule has 2 heterocycles. The molecule has 0 spiro atoms. The Labute approximate surface area is 81.9 Å². The number of aromatic nitrogens is 2. The molecule has 1 aliphatic heterocycles. The van der Waals surface area contributed by atoms with E-state index < -0.39 is 0 Å². The first-order valence-electron chi connectivity index (χ1n) is 4.29. The predicted molar refractivity (Wildman–Crippen MR) is 52.1 cm³/mol. The highest BCUT2D eigenvalue weighted by molar-refractivity contribution is 6.28. The van der Waals surface area contributed by atoms with E-state index in [4.69, 9.17) is 11.6 Å². The van der Waals surface area contributed by atoms with Crippen LogP contribution in [0.5, 0.6) is 0 Å². The summed E-state index contributed by atoms with van der Waals surface area (Å²) in [5.41, 5.74) is 1.05. The van der Waals surface area contributed by atoms with E-state index >= 15 is 0 Å². The van der Waals surface area contributed by atoms with Crippen molar-refractivity contribution in [3.05, 3.63) is 17.7 Å². The Morgan fingerprint density at radius 1 is 1.23 bits per heavy atom. The topological polar surface area (TPSA) is 41.1 Å². The Balaban J connectivity index is 2.10. The molecule has 1 fully saturated rings. The summed E-state index contributed by atoms with van der Waals surface area (Å²) in [5, 5.41) is 3.59. The van der Waals surface area contributed by atoms with Crippen LogP contribution in [0.4, 0.5) is 5.69 Å². The number of piperazine rings is 1. The van der Waals surface area contributed by atoms with Gasteiger partial charge in [-0.05, 0) is 11.6 Å². The average molecular weight is 199 g/mol. The fourth-order valence-corrected chi connectivity index (χ4v) is 1.49. The number of nitrogens with zero attached hydrogens (tertiary/aromatic N) is 3. The molecule has 0 aromatic carbocycles. The third-order valence-electron chi connectivity index (χ3n) is 2.09. The van der Waals surface area contributed by atoms with E-state index in [0.29, 0.717) is 5.28 Å². The molecule has 5 heteroatoms. The molecule has 1 aromatic heterocycles. The molecule has 1 aliphatic rings. The third kappa shape index (κ3) is 2.08. The van der Waals surface area contributed by atoms with Gasteiger partial charge in [0, 0.05) is 26.2 Å². The monoisotopic (exact) mass is 198 g/mol. The molecule has 0 bridgehead atoms. The van der Waals surface area contributed by atoms with Gasteiger partial charge in [0.05, 0.1) is 18.1 Å². The van der Waals surface area contributed by atoms with Gasteiger partial charge in [-0.25, -0.2) is 9.97 Å². The Morgan fingerprint density at radius 3 is 2.46 bits per heavy atom. The van der Waals surface area contributed by atoms with E-state index in [1.165, 1.54) is 0 Å². The van der Waals surface area contributed by atoms with E-state index in [2.05, 4.69) is 20.2 Å². The quantitative estimate of drug-likeness (QED) is 0.669. The molecular formula is C8H11ClN4. The summed E-state index contributed by atoms with van der Waals surface area (Å²) in [7, 11) is 0. The van der Waals surface area contributed by atoms with Crippen LogP contribution < -0.4 is 10.2 Å². The van der Waals surface area contributed by atoms with Crippen molar-refractivity contribution in [3.8, 4) is 0 Å². The maximum Gasteiger partial charge on any atom is 0.222 e. The highest BCUT2D eigenvalue weighted by atomic mass is 35.5. The molecule has 0 atom stereocenters. The molecule has 1 N–H and O–H groups in total. The second-order valence-corrected chi connectivity index (χ2v) is 3.29. The normalized spacial score (nSPS) is 17.5. The first-order chi connectivity index (χ1) is 6.36. The molecule has 13 heavy (non-hydrogen) atoms. The summed E-state index contributed by atoms with van der Waals surface area (Å²) in [6.07, 6.45) is 3.53. The second-order valence-electron chi connectivity index (χ2n) is 2.95. The molecule has 0 saturated carbocycles. The lowest BCUT2D eigenvalue weighted by Crippen LogP contribution is -2.43. The van der Waals surface area contributed by atoms with E-state index in [-0.39, 0.29) is 0 Å². The molecule has 0 aliphatic carbocycles. The second kappa shape index (κ2) is 3.89. The van der Waals surface area contributed by atoms with Crippen LogP contribution in [0.15, 0.2) is 12.4 Å².